The molecule has 0 atom stereocenters. The van der Waals surface area contributed by atoms with Crippen LogP contribution in [0.4, 0.5) is 5.69 Å². The number of carbonyl (C=O) groups excluding carboxylic acids is 1. The minimum Gasteiger partial charge on any atom is -0.489 e. The lowest BCUT2D eigenvalue weighted by Crippen LogP contribution is -2.18. The number of nitrogens with one attached hydrogen (secondary N) is 1. The second-order valence-electron chi connectivity index (χ2n) is 5.63. The molecule has 5 heteroatoms. The highest BCUT2D eigenvalue weighted by Crippen LogP contribution is 2.14. The number of nitrogen functional groups attached to an aromatic ring is 1. The van der Waals surface area contributed by atoms with Crippen LogP contribution in [0.2, 0.25) is 0 Å². The lowest BCUT2D eigenvalue weighted by atomic mass is 10.2. The molecule has 0 radical (unpaired) electrons. The molecule has 1 amide bonds. The molecular formula is C21H19N3O2. The topological polar surface area (TPSA) is 76.7 Å². The smallest absolute Gasteiger partial charge is 0.273 e. The number of amides is 1. The highest BCUT2D eigenvalue weighted by molar-refractivity contribution is 5.99. The van der Waals surface area contributed by atoms with Gasteiger partial charge in [-0.3, -0.25) is 4.79 Å². The van der Waals surface area contributed by atoms with Crippen molar-refractivity contribution < 1.29 is 9.53 Å². The van der Waals surface area contributed by atoms with Gasteiger partial charge < -0.3 is 10.5 Å². The molecule has 0 saturated heterocycles. The third kappa shape index (κ3) is 4.70. The fraction of sp³-hybridized carbons (Fsp3) is 0.0476. The van der Waals surface area contributed by atoms with Crippen LogP contribution in [-0.4, -0.2) is 12.1 Å². The fourth-order valence-corrected chi connectivity index (χ4v) is 2.35. The molecule has 3 aromatic carbocycles. The largest absolute Gasteiger partial charge is 0.489 e. The maximum atomic E-state index is 12.1. The van der Waals surface area contributed by atoms with Crippen LogP contribution in [0.5, 0.6) is 5.75 Å². The summed E-state index contributed by atoms with van der Waals surface area (Å²) in [5, 5.41) is 3.98. The summed E-state index contributed by atoms with van der Waals surface area (Å²) in [6.07, 6.45) is 1.56. The van der Waals surface area contributed by atoms with Gasteiger partial charge in [0.25, 0.3) is 5.91 Å². The first-order valence-electron chi connectivity index (χ1n) is 8.17. The number of ether oxygens (including phenoxy) is 1. The highest BCUT2D eigenvalue weighted by atomic mass is 16.5. The van der Waals surface area contributed by atoms with Gasteiger partial charge in [0.1, 0.15) is 12.4 Å². The Hall–Kier alpha value is -3.60. The van der Waals surface area contributed by atoms with E-state index in [-0.39, 0.29) is 5.91 Å². The maximum absolute atomic E-state index is 12.1. The van der Waals surface area contributed by atoms with Crippen LogP contribution in [0.15, 0.2) is 84.0 Å². The Morgan fingerprint density at radius 3 is 2.58 bits per heavy atom. The Morgan fingerprint density at radius 2 is 1.77 bits per heavy atom. The van der Waals surface area contributed by atoms with Crippen molar-refractivity contribution in [3.05, 3.63) is 95.6 Å². The molecule has 0 heterocycles. The summed E-state index contributed by atoms with van der Waals surface area (Å²) in [6.45, 7) is 0.492. The van der Waals surface area contributed by atoms with E-state index in [0.717, 1.165) is 16.9 Å². The Kier molecular flexibility index (Phi) is 5.62. The number of hydrazone groups is 1. The molecule has 0 aliphatic carbocycles. The van der Waals surface area contributed by atoms with E-state index in [1.54, 1.807) is 30.5 Å². The minimum atomic E-state index is -0.351. The normalized spacial score (nSPS) is 10.6. The molecule has 0 spiro atoms. The zero-order chi connectivity index (χ0) is 18.2. The first-order valence-corrected chi connectivity index (χ1v) is 8.17. The van der Waals surface area contributed by atoms with Gasteiger partial charge in [0.05, 0.1) is 11.8 Å². The fourth-order valence-electron chi connectivity index (χ4n) is 2.35. The molecule has 0 bridgehead atoms. The zero-order valence-electron chi connectivity index (χ0n) is 14.1. The first-order chi connectivity index (χ1) is 12.7. The molecule has 3 rings (SSSR count). The van der Waals surface area contributed by atoms with E-state index in [0.29, 0.717) is 17.9 Å². The Bertz CT molecular complexity index is 908. The third-order valence-corrected chi connectivity index (χ3v) is 3.69. The van der Waals surface area contributed by atoms with E-state index in [2.05, 4.69) is 10.5 Å². The number of hydrogen-bond donors (Lipinski definition) is 2. The quantitative estimate of drug-likeness (QED) is 0.407. The van der Waals surface area contributed by atoms with Crippen molar-refractivity contribution in [2.24, 2.45) is 5.10 Å². The number of benzene rings is 3. The van der Waals surface area contributed by atoms with Crippen LogP contribution in [-0.2, 0) is 6.61 Å². The minimum absolute atomic E-state index is 0.351. The average molecular weight is 345 g/mol. The number of nitrogens with zero attached hydrogens (tertiary/aromatic N) is 1. The van der Waals surface area contributed by atoms with E-state index in [1.165, 1.54) is 0 Å². The molecular weight excluding hydrogens is 326 g/mol. The van der Waals surface area contributed by atoms with Gasteiger partial charge in [-0.15, -0.1) is 0 Å². The van der Waals surface area contributed by atoms with Crippen molar-refractivity contribution >= 4 is 17.8 Å². The van der Waals surface area contributed by atoms with E-state index in [4.69, 9.17) is 10.5 Å². The van der Waals surface area contributed by atoms with Gasteiger partial charge >= 0.3 is 0 Å². The summed E-state index contributed by atoms with van der Waals surface area (Å²) in [4.78, 5) is 12.1. The van der Waals surface area contributed by atoms with Crippen molar-refractivity contribution in [3.8, 4) is 5.75 Å². The second kappa shape index (κ2) is 8.48. The molecule has 3 aromatic rings. The lowest BCUT2D eigenvalue weighted by molar-refractivity contribution is 0.0956. The van der Waals surface area contributed by atoms with Gasteiger partial charge in [-0.2, -0.15) is 5.10 Å². The molecule has 0 aliphatic heterocycles. The van der Waals surface area contributed by atoms with Crippen LogP contribution < -0.4 is 15.9 Å². The predicted molar refractivity (Wildman–Crippen MR) is 103 cm³/mol. The molecule has 3 N–H and O–H groups in total. The van der Waals surface area contributed by atoms with Crippen LogP contribution in [0.25, 0.3) is 0 Å². The number of anilines is 1. The molecule has 0 aromatic heterocycles. The molecule has 0 aliphatic rings. The van der Waals surface area contributed by atoms with E-state index in [1.807, 2.05) is 54.6 Å². The van der Waals surface area contributed by atoms with Crippen molar-refractivity contribution in [2.75, 3.05) is 5.73 Å². The van der Waals surface area contributed by atoms with E-state index < -0.39 is 0 Å². The van der Waals surface area contributed by atoms with Crippen molar-refractivity contribution in [2.45, 2.75) is 6.61 Å². The number of hydrogen-bond acceptors (Lipinski definition) is 4. The van der Waals surface area contributed by atoms with Crippen LogP contribution in [0, 0.1) is 0 Å². The van der Waals surface area contributed by atoms with Gasteiger partial charge in [-0.1, -0.05) is 54.6 Å². The number of rotatable bonds is 6. The van der Waals surface area contributed by atoms with Gasteiger partial charge in [-0.05, 0) is 35.4 Å². The summed E-state index contributed by atoms with van der Waals surface area (Å²) in [5.74, 6) is 0.382. The van der Waals surface area contributed by atoms with Gasteiger partial charge in [0.2, 0.25) is 0 Å². The predicted octanol–water partition coefficient (Wildman–Crippen LogP) is 3.61. The molecule has 5 nitrogen and oxygen atoms in total. The Balaban J connectivity index is 1.59. The summed E-state index contributed by atoms with van der Waals surface area (Å²) in [6, 6.07) is 24.3. The van der Waals surface area contributed by atoms with Crippen molar-refractivity contribution in [3.63, 3.8) is 0 Å². The summed E-state index contributed by atoms with van der Waals surface area (Å²) in [7, 11) is 0. The van der Waals surface area contributed by atoms with Gasteiger partial charge in [0, 0.05) is 5.69 Å². The first kappa shape index (κ1) is 17.2. The molecule has 0 saturated carbocycles. The van der Waals surface area contributed by atoms with Crippen LogP contribution in [0.1, 0.15) is 21.5 Å². The molecule has 0 fully saturated rings. The second-order valence-corrected chi connectivity index (χ2v) is 5.63. The average Bonchev–Trinajstić information content (AvgIpc) is 2.68. The molecule has 130 valence electrons. The highest BCUT2D eigenvalue weighted by Gasteiger charge is 2.06. The van der Waals surface area contributed by atoms with Crippen molar-refractivity contribution in [1.29, 1.82) is 0 Å². The zero-order valence-corrected chi connectivity index (χ0v) is 14.1. The molecule has 26 heavy (non-hydrogen) atoms. The maximum Gasteiger partial charge on any atom is 0.273 e. The third-order valence-electron chi connectivity index (χ3n) is 3.69. The summed E-state index contributed by atoms with van der Waals surface area (Å²) >= 11 is 0. The van der Waals surface area contributed by atoms with Crippen LogP contribution in [0.3, 0.4) is 0 Å². The number of para-hydroxylation sites is 1. The van der Waals surface area contributed by atoms with E-state index in [9.17, 15) is 4.79 Å². The van der Waals surface area contributed by atoms with Gasteiger partial charge in [-0.25, -0.2) is 5.43 Å². The summed E-state index contributed by atoms with van der Waals surface area (Å²) < 4.78 is 5.78. The van der Waals surface area contributed by atoms with Crippen molar-refractivity contribution in [1.82, 2.24) is 5.43 Å². The lowest BCUT2D eigenvalue weighted by Gasteiger charge is -2.07. The van der Waals surface area contributed by atoms with Gasteiger partial charge in [0.15, 0.2) is 0 Å². The van der Waals surface area contributed by atoms with Crippen LogP contribution >= 0.6 is 0 Å². The summed E-state index contributed by atoms with van der Waals surface area (Å²) in [5.41, 5.74) is 11.0. The number of carbonyl (C=O) groups is 1. The Morgan fingerprint density at radius 1 is 1.00 bits per heavy atom. The SMILES string of the molecule is Nc1ccccc1C(=O)N/N=C/c1cccc(OCc2ccccc2)c1. The Labute approximate surface area is 152 Å². The standard InChI is InChI=1S/C21H19N3O2/c22-20-12-5-4-11-19(20)21(25)24-23-14-17-9-6-10-18(13-17)26-15-16-7-2-1-3-8-16/h1-14H,15,22H2,(H,24,25)/b23-14+. The number of nitrogens with two attached hydrogens (primary N) is 1. The molecule has 0 unspecified atom stereocenters. The van der Waals surface area contributed by atoms with E-state index >= 15 is 0 Å². The monoisotopic (exact) mass is 345 g/mol.